The minimum absolute atomic E-state index is 0.272. The van der Waals surface area contributed by atoms with Crippen molar-refractivity contribution in [2.24, 2.45) is 5.92 Å². The van der Waals surface area contributed by atoms with Crippen LogP contribution in [0, 0.1) is 13.1 Å². The second-order valence-corrected chi connectivity index (χ2v) is 8.33. The van der Waals surface area contributed by atoms with Crippen molar-refractivity contribution in [2.45, 2.75) is 44.1 Å². The molecule has 25 heavy (non-hydrogen) atoms. The monoisotopic (exact) mass is 579 g/mol. The highest BCUT2D eigenvalue weighted by atomic mass is 127. The first-order valence-electron chi connectivity index (χ1n) is 7.62. The van der Waals surface area contributed by atoms with Gasteiger partial charge in [0, 0.05) is 9.49 Å². The molecule has 1 aliphatic carbocycles. The number of hydrogen-bond acceptors (Lipinski definition) is 5. The first kappa shape index (κ1) is 20.6. The van der Waals surface area contributed by atoms with E-state index in [1.54, 1.807) is 28.7 Å². The van der Waals surface area contributed by atoms with Crippen molar-refractivity contribution >= 4 is 57.1 Å². The first-order chi connectivity index (χ1) is 11.6. The number of carbonyl (C=O) groups is 2. The van der Waals surface area contributed by atoms with E-state index < -0.39 is 29.9 Å². The molecule has 0 aliphatic heterocycles. The summed E-state index contributed by atoms with van der Waals surface area (Å²) < 4.78 is 34.1. The SMILES string of the molecule is O=C(OC(C1CCCCC1)C(F)(F)C(=O)[O-])c1cc(I)cc(I)c1O. The zero-order valence-corrected chi connectivity index (χ0v) is 17.3. The molecule has 1 fully saturated rings. The van der Waals surface area contributed by atoms with Gasteiger partial charge >= 0.3 is 11.9 Å². The number of aliphatic carboxylic acids is 1. The normalized spacial score (nSPS) is 17.1. The van der Waals surface area contributed by atoms with Gasteiger partial charge in [0.25, 0.3) is 0 Å². The molecule has 1 aromatic rings. The first-order valence-corrected chi connectivity index (χ1v) is 9.78. The van der Waals surface area contributed by atoms with Gasteiger partial charge in [-0.1, -0.05) is 19.3 Å². The van der Waals surface area contributed by atoms with Crippen LogP contribution in [0.1, 0.15) is 42.5 Å². The lowest BCUT2D eigenvalue weighted by atomic mass is 9.83. The fraction of sp³-hybridized carbons (Fsp3) is 0.500. The van der Waals surface area contributed by atoms with Gasteiger partial charge in [-0.15, -0.1) is 0 Å². The molecular formula is C16H15F2I2O5-. The molecule has 9 heteroatoms. The number of ether oxygens (including phenoxy) is 1. The second-order valence-electron chi connectivity index (χ2n) is 5.92. The van der Waals surface area contributed by atoms with E-state index in [4.69, 9.17) is 4.74 Å². The Balaban J connectivity index is 2.33. The second kappa shape index (κ2) is 8.31. The number of carboxylic acid groups (broad SMARTS) is 1. The molecule has 0 amide bonds. The number of phenolic OH excluding ortho intramolecular Hbond substituents is 1. The van der Waals surface area contributed by atoms with Crippen LogP contribution in [-0.4, -0.2) is 29.1 Å². The molecule has 1 N–H and O–H groups in total. The van der Waals surface area contributed by atoms with E-state index in [9.17, 15) is 28.6 Å². The number of carboxylic acids is 1. The third-order valence-corrected chi connectivity index (χ3v) is 5.63. The van der Waals surface area contributed by atoms with E-state index in [2.05, 4.69) is 0 Å². The molecule has 138 valence electrons. The Morgan fingerprint density at radius 3 is 2.40 bits per heavy atom. The third kappa shape index (κ3) is 4.72. The van der Waals surface area contributed by atoms with E-state index in [-0.39, 0.29) is 11.3 Å². The Bertz CT molecular complexity index is 675. The molecule has 0 heterocycles. The van der Waals surface area contributed by atoms with Crippen LogP contribution in [0.15, 0.2) is 12.1 Å². The summed E-state index contributed by atoms with van der Waals surface area (Å²) in [4.78, 5) is 23.3. The summed E-state index contributed by atoms with van der Waals surface area (Å²) in [6, 6.07) is 2.90. The summed E-state index contributed by atoms with van der Waals surface area (Å²) >= 11 is 3.71. The quantitative estimate of drug-likeness (QED) is 0.429. The van der Waals surface area contributed by atoms with E-state index in [0.717, 1.165) is 6.42 Å². The van der Waals surface area contributed by atoms with Crippen LogP contribution in [0.3, 0.4) is 0 Å². The maximum absolute atomic E-state index is 14.1. The van der Waals surface area contributed by atoms with Gasteiger partial charge in [-0.05, 0) is 70.2 Å². The largest absolute Gasteiger partial charge is 0.544 e. The molecule has 1 aliphatic rings. The predicted octanol–water partition coefficient (Wildman–Crippen LogP) is 3.09. The van der Waals surface area contributed by atoms with E-state index >= 15 is 0 Å². The highest BCUT2D eigenvalue weighted by molar-refractivity contribution is 14.1. The van der Waals surface area contributed by atoms with Crippen molar-refractivity contribution in [2.75, 3.05) is 0 Å². The minimum Gasteiger partial charge on any atom is -0.544 e. The Morgan fingerprint density at radius 2 is 1.84 bits per heavy atom. The van der Waals surface area contributed by atoms with Crippen molar-refractivity contribution in [3.63, 3.8) is 0 Å². The van der Waals surface area contributed by atoms with Gasteiger partial charge in [0.15, 0.2) is 6.10 Å². The van der Waals surface area contributed by atoms with Gasteiger partial charge in [-0.25, -0.2) is 4.79 Å². The van der Waals surface area contributed by atoms with Crippen LogP contribution >= 0.6 is 45.2 Å². The summed E-state index contributed by atoms with van der Waals surface area (Å²) in [5.41, 5.74) is -0.272. The molecule has 0 bridgehead atoms. The van der Waals surface area contributed by atoms with E-state index in [1.165, 1.54) is 6.07 Å². The number of phenols is 1. The summed E-state index contributed by atoms with van der Waals surface area (Å²) in [7, 11) is 0. The van der Waals surface area contributed by atoms with Gasteiger partial charge < -0.3 is 19.7 Å². The molecule has 1 atom stereocenters. The average Bonchev–Trinajstić information content (AvgIpc) is 2.56. The van der Waals surface area contributed by atoms with Gasteiger partial charge in [0.2, 0.25) is 0 Å². The third-order valence-electron chi connectivity index (χ3n) is 4.19. The number of esters is 1. The predicted molar refractivity (Wildman–Crippen MR) is 99.3 cm³/mol. The van der Waals surface area contributed by atoms with Crippen LogP contribution in [0.5, 0.6) is 5.75 Å². The summed E-state index contributed by atoms with van der Waals surface area (Å²) in [5, 5.41) is 20.9. The number of carbonyl (C=O) groups excluding carboxylic acids is 2. The maximum Gasteiger partial charge on any atom is 0.342 e. The number of aromatic hydroxyl groups is 1. The van der Waals surface area contributed by atoms with Crippen LogP contribution in [0.2, 0.25) is 0 Å². The zero-order valence-electron chi connectivity index (χ0n) is 12.9. The highest BCUT2D eigenvalue weighted by Gasteiger charge is 2.49. The van der Waals surface area contributed by atoms with Crippen molar-refractivity contribution < 1.29 is 33.3 Å². The summed E-state index contributed by atoms with van der Waals surface area (Å²) in [5.74, 6) is -9.20. The lowest BCUT2D eigenvalue weighted by Gasteiger charge is -2.35. The molecule has 0 saturated heterocycles. The molecular weight excluding hydrogens is 564 g/mol. The van der Waals surface area contributed by atoms with Gasteiger partial charge in [-0.2, -0.15) is 8.78 Å². The van der Waals surface area contributed by atoms with Crippen molar-refractivity contribution in [3.05, 3.63) is 24.8 Å². The smallest absolute Gasteiger partial charge is 0.342 e. The Kier molecular flexibility index (Phi) is 6.85. The Hall–Kier alpha value is -0.720. The molecule has 1 aromatic carbocycles. The van der Waals surface area contributed by atoms with Crippen LogP contribution < -0.4 is 5.11 Å². The van der Waals surface area contributed by atoms with Crippen molar-refractivity contribution in [1.29, 1.82) is 0 Å². The molecule has 1 saturated carbocycles. The molecule has 0 radical (unpaired) electrons. The van der Waals surface area contributed by atoms with E-state index in [1.807, 2.05) is 22.6 Å². The zero-order chi connectivity index (χ0) is 18.8. The lowest BCUT2D eigenvalue weighted by Crippen LogP contribution is -2.54. The number of rotatable bonds is 5. The summed E-state index contributed by atoms with van der Waals surface area (Å²) in [6.45, 7) is 0. The van der Waals surface area contributed by atoms with Crippen LogP contribution in [-0.2, 0) is 9.53 Å². The molecule has 1 unspecified atom stereocenters. The van der Waals surface area contributed by atoms with Gasteiger partial charge in [0.05, 0.1) is 3.57 Å². The van der Waals surface area contributed by atoms with Crippen LogP contribution in [0.25, 0.3) is 0 Å². The standard InChI is InChI=1S/C16H16F2I2O5/c17-16(18,15(23)24)13(8-4-2-1-3-5-8)25-14(22)10-6-9(19)7-11(20)12(10)21/h6-8,13,21H,1-5H2,(H,23,24)/p-1. The Labute approximate surface area is 170 Å². The lowest BCUT2D eigenvalue weighted by molar-refractivity contribution is -0.337. The summed E-state index contributed by atoms with van der Waals surface area (Å²) in [6.07, 6.45) is 0.750. The minimum atomic E-state index is -4.30. The topological polar surface area (TPSA) is 86.7 Å². The Morgan fingerprint density at radius 1 is 1.24 bits per heavy atom. The average molecular weight is 579 g/mol. The number of halogens is 4. The fourth-order valence-corrected chi connectivity index (χ4v) is 4.76. The highest BCUT2D eigenvalue weighted by Crippen LogP contribution is 2.37. The number of benzene rings is 1. The molecule has 0 aromatic heterocycles. The van der Waals surface area contributed by atoms with Crippen LogP contribution in [0.4, 0.5) is 8.78 Å². The molecule has 2 rings (SSSR count). The molecule has 0 spiro atoms. The maximum atomic E-state index is 14.1. The molecule has 5 nitrogen and oxygen atoms in total. The van der Waals surface area contributed by atoms with E-state index in [0.29, 0.717) is 32.8 Å². The number of alkyl halides is 2. The van der Waals surface area contributed by atoms with Gasteiger partial charge in [0.1, 0.15) is 17.3 Å². The van der Waals surface area contributed by atoms with Gasteiger partial charge in [-0.3, -0.25) is 0 Å². The van der Waals surface area contributed by atoms with Crippen molar-refractivity contribution in [1.82, 2.24) is 0 Å². The fourth-order valence-electron chi connectivity index (χ4n) is 2.92. The van der Waals surface area contributed by atoms with Crippen molar-refractivity contribution in [3.8, 4) is 5.75 Å². The number of hydrogen-bond donors (Lipinski definition) is 1.